The molecule has 0 radical (unpaired) electrons. The molecule has 5 heteroatoms. The largest absolute Gasteiger partial charge is 0.309 e. The predicted octanol–water partition coefficient (Wildman–Crippen LogP) is 5.10. The van der Waals surface area contributed by atoms with Gasteiger partial charge in [-0.3, -0.25) is 4.79 Å². The second-order valence-corrected chi connectivity index (χ2v) is 9.75. The standard InChI is InChI=1S/C18H21Br2NOS/c1-13(19)17(22)18(11-12-21(2)3,14-7-5-4-6-8-14)15-9-10-16(20)23-15/h4-10,13H,11-12H2,1-3H3/t13-,18+/m1/s1. The van der Waals surface area contributed by atoms with Gasteiger partial charge in [-0.05, 0) is 67.6 Å². The van der Waals surface area contributed by atoms with Gasteiger partial charge in [-0.15, -0.1) is 11.3 Å². The third-order valence-electron chi connectivity index (χ3n) is 3.98. The summed E-state index contributed by atoms with van der Waals surface area (Å²) < 4.78 is 1.05. The van der Waals surface area contributed by atoms with Gasteiger partial charge in [0.15, 0.2) is 5.78 Å². The minimum absolute atomic E-state index is 0.203. The fourth-order valence-electron chi connectivity index (χ4n) is 2.79. The molecule has 0 saturated heterocycles. The third-order valence-corrected chi connectivity index (χ3v) is 6.18. The summed E-state index contributed by atoms with van der Waals surface area (Å²) in [4.78, 5) is 16.3. The van der Waals surface area contributed by atoms with Crippen molar-refractivity contribution in [2.45, 2.75) is 23.6 Å². The Kier molecular flexibility index (Phi) is 6.60. The molecule has 0 bridgehead atoms. The van der Waals surface area contributed by atoms with E-state index >= 15 is 0 Å². The Hall–Kier alpha value is -0.490. The van der Waals surface area contributed by atoms with Crippen molar-refractivity contribution >= 4 is 49.0 Å². The van der Waals surface area contributed by atoms with Gasteiger partial charge in [-0.1, -0.05) is 46.3 Å². The van der Waals surface area contributed by atoms with Crippen molar-refractivity contribution < 1.29 is 4.79 Å². The van der Waals surface area contributed by atoms with Crippen LogP contribution in [0.1, 0.15) is 23.8 Å². The third kappa shape index (κ3) is 4.13. The van der Waals surface area contributed by atoms with Crippen LogP contribution in [0, 0.1) is 0 Å². The van der Waals surface area contributed by atoms with Gasteiger partial charge in [0.2, 0.25) is 0 Å². The highest BCUT2D eigenvalue weighted by atomic mass is 79.9. The van der Waals surface area contributed by atoms with Gasteiger partial charge in [0.05, 0.1) is 14.0 Å². The number of benzene rings is 1. The lowest BCUT2D eigenvalue weighted by molar-refractivity contribution is -0.122. The number of rotatable bonds is 7. The number of ketones is 1. The van der Waals surface area contributed by atoms with Crippen LogP contribution in [0.25, 0.3) is 0 Å². The van der Waals surface area contributed by atoms with E-state index in [1.807, 2.05) is 45.3 Å². The Labute approximate surface area is 159 Å². The maximum atomic E-state index is 13.3. The summed E-state index contributed by atoms with van der Waals surface area (Å²) >= 11 is 8.71. The summed E-state index contributed by atoms with van der Waals surface area (Å²) in [6, 6.07) is 14.2. The number of Topliss-reactive ketones (excluding diaryl/α,β-unsaturated/α-hetero) is 1. The summed E-state index contributed by atoms with van der Waals surface area (Å²) in [5.41, 5.74) is 0.443. The normalized spacial score (nSPS) is 15.4. The van der Waals surface area contributed by atoms with E-state index in [0.29, 0.717) is 0 Å². The number of thiophene rings is 1. The molecule has 0 aliphatic heterocycles. The summed E-state index contributed by atoms with van der Waals surface area (Å²) in [7, 11) is 4.09. The van der Waals surface area contributed by atoms with Crippen molar-refractivity contribution in [1.82, 2.24) is 4.90 Å². The van der Waals surface area contributed by atoms with E-state index in [2.05, 4.69) is 55.0 Å². The van der Waals surface area contributed by atoms with Crippen LogP contribution in [0.3, 0.4) is 0 Å². The van der Waals surface area contributed by atoms with Crippen LogP contribution in [0.4, 0.5) is 0 Å². The maximum absolute atomic E-state index is 13.3. The lowest BCUT2D eigenvalue weighted by Gasteiger charge is -2.34. The SMILES string of the molecule is C[C@@H](Br)C(=O)[C@@](CCN(C)C)(c1ccccc1)c1ccc(Br)s1. The van der Waals surface area contributed by atoms with Gasteiger partial charge in [0.25, 0.3) is 0 Å². The molecule has 2 rings (SSSR count). The molecule has 1 aromatic carbocycles. The smallest absolute Gasteiger partial charge is 0.161 e. The average Bonchev–Trinajstić information content (AvgIpc) is 2.95. The number of nitrogens with zero attached hydrogens (tertiary/aromatic N) is 1. The summed E-state index contributed by atoms with van der Waals surface area (Å²) in [6.07, 6.45) is 0.756. The minimum Gasteiger partial charge on any atom is -0.309 e. The molecular formula is C18H21Br2NOS. The molecule has 0 amide bonds. The van der Waals surface area contributed by atoms with E-state index in [-0.39, 0.29) is 10.6 Å². The van der Waals surface area contributed by atoms with Crippen LogP contribution in [0.15, 0.2) is 46.3 Å². The highest BCUT2D eigenvalue weighted by Crippen LogP contribution is 2.43. The van der Waals surface area contributed by atoms with Crippen LogP contribution in [0.2, 0.25) is 0 Å². The molecule has 2 aromatic rings. The van der Waals surface area contributed by atoms with Crippen LogP contribution in [0.5, 0.6) is 0 Å². The van der Waals surface area contributed by atoms with Crippen molar-refractivity contribution in [1.29, 1.82) is 0 Å². The van der Waals surface area contributed by atoms with Crippen LogP contribution in [-0.4, -0.2) is 36.2 Å². The van der Waals surface area contributed by atoms with Crippen LogP contribution >= 0.6 is 43.2 Å². The molecule has 0 aliphatic rings. The van der Waals surface area contributed by atoms with Gasteiger partial charge in [0.1, 0.15) is 0 Å². The van der Waals surface area contributed by atoms with Gasteiger partial charge in [0, 0.05) is 4.88 Å². The summed E-state index contributed by atoms with van der Waals surface area (Å²) in [6.45, 7) is 2.76. The number of hydrogen-bond acceptors (Lipinski definition) is 3. The number of carbonyl (C=O) groups excluding carboxylic acids is 1. The molecule has 2 nitrogen and oxygen atoms in total. The Bertz CT molecular complexity index is 654. The highest BCUT2D eigenvalue weighted by molar-refractivity contribution is 9.11. The fraction of sp³-hybridized carbons (Fsp3) is 0.389. The van der Waals surface area contributed by atoms with Crippen molar-refractivity contribution in [2.75, 3.05) is 20.6 Å². The van der Waals surface area contributed by atoms with Crippen molar-refractivity contribution in [2.24, 2.45) is 0 Å². The summed E-state index contributed by atoms with van der Waals surface area (Å²) in [5, 5.41) is 0. The van der Waals surface area contributed by atoms with E-state index in [1.165, 1.54) is 0 Å². The lowest BCUT2D eigenvalue weighted by atomic mass is 9.72. The second kappa shape index (κ2) is 8.06. The van der Waals surface area contributed by atoms with E-state index in [4.69, 9.17) is 0 Å². The molecule has 2 atom stereocenters. The minimum atomic E-state index is -0.620. The predicted molar refractivity (Wildman–Crippen MR) is 106 cm³/mol. The number of carbonyl (C=O) groups is 1. The van der Waals surface area contributed by atoms with E-state index < -0.39 is 5.41 Å². The first-order chi connectivity index (χ1) is 10.9. The molecule has 0 unspecified atom stereocenters. The van der Waals surface area contributed by atoms with E-state index in [0.717, 1.165) is 27.2 Å². The number of hydrogen-bond donors (Lipinski definition) is 0. The number of alkyl halides is 1. The molecule has 1 aromatic heterocycles. The van der Waals surface area contributed by atoms with Crippen LogP contribution in [-0.2, 0) is 10.2 Å². The number of halogens is 2. The van der Waals surface area contributed by atoms with Crippen molar-refractivity contribution in [3.63, 3.8) is 0 Å². The molecule has 0 aliphatic carbocycles. The van der Waals surface area contributed by atoms with Gasteiger partial charge in [-0.2, -0.15) is 0 Å². The first-order valence-corrected chi connectivity index (χ1v) is 10.0. The Morgan fingerprint density at radius 1 is 1.22 bits per heavy atom. The van der Waals surface area contributed by atoms with Crippen LogP contribution < -0.4 is 0 Å². The molecule has 0 N–H and O–H groups in total. The monoisotopic (exact) mass is 457 g/mol. The van der Waals surface area contributed by atoms with Gasteiger partial charge >= 0.3 is 0 Å². The molecule has 0 fully saturated rings. The zero-order valence-electron chi connectivity index (χ0n) is 13.6. The molecule has 0 spiro atoms. The maximum Gasteiger partial charge on any atom is 0.161 e. The van der Waals surface area contributed by atoms with Crippen molar-refractivity contribution in [3.8, 4) is 0 Å². The molecule has 124 valence electrons. The molecule has 0 saturated carbocycles. The average molecular weight is 459 g/mol. The zero-order valence-corrected chi connectivity index (χ0v) is 17.5. The molecular weight excluding hydrogens is 438 g/mol. The Morgan fingerprint density at radius 2 is 1.87 bits per heavy atom. The lowest BCUT2D eigenvalue weighted by Crippen LogP contribution is -2.42. The zero-order chi connectivity index (χ0) is 17.0. The van der Waals surface area contributed by atoms with Crippen molar-refractivity contribution in [3.05, 3.63) is 56.7 Å². The van der Waals surface area contributed by atoms with Gasteiger partial charge < -0.3 is 4.90 Å². The molecule has 1 heterocycles. The van der Waals surface area contributed by atoms with E-state index in [1.54, 1.807) is 11.3 Å². The first kappa shape index (κ1) is 18.8. The topological polar surface area (TPSA) is 20.3 Å². The van der Waals surface area contributed by atoms with E-state index in [9.17, 15) is 4.79 Å². The highest BCUT2D eigenvalue weighted by Gasteiger charge is 2.44. The Balaban J connectivity index is 2.64. The molecule has 23 heavy (non-hydrogen) atoms. The second-order valence-electron chi connectivity index (χ2n) is 5.91. The first-order valence-electron chi connectivity index (χ1n) is 7.52. The Morgan fingerprint density at radius 3 is 2.35 bits per heavy atom. The fourth-order valence-corrected chi connectivity index (χ4v) is 4.82. The van der Waals surface area contributed by atoms with Gasteiger partial charge in [-0.25, -0.2) is 0 Å². The summed E-state index contributed by atoms with van der Waals surface area (Å²) in [5.74, 6) is 0.208. The quantitative estimate of drug-likeness (QED) is 0.538.